The van der Waals surface area contributed by atoms with Crippen LogP contribution in [0.25, 0.3) is 53.9 Å². The third-order valence-electron chi connectivity index (χ3n) is 5.79. The molecule has 0 aliphatic rings. The molecule has 0 saturated carbocycles. The number of fused-ring (bicyclic) bond motifs is 3. The molecule has 32 heavy (non-hydrogen) atoms. The van der Waals surface area contributed by atoms with Crippen molar-refractivity contribution in [2.24, 2.45) is 0 Å². The summed E-state index contributed by atoms with van der Waals surface area (Å²) in [5.41, 5.74) is 6.53. The molecule has 6 aromatic rings. The number of benzene rings is 4. The van der Waals surface area contributed by atoms with Gasteiger partial charge in [0.15, 0.2) is 5.82 Å². The first kappa shape index (κ1) is 18.9. The van der Waals surface area contributed by atoms with Gasteiger partial charge in [0.1, 0.15) is 0 Å². The lowest BCUT2D eigenvalue weighted by Gasteiger charge is -2.09. The van der Waals surface area contributed by atoms with E-state index in [1.807, 2.05) is 24.3 Å². The van der Waals surface area contributed by atoms with Crippen LogP contribution in [-0.4, -0.2) is 9.97 Å². The summed E-state index contributed by atoms with van der Waals surface area (Å²) in [6.45, 7) is 2.04. The van der Waals surface area contributed by atoms with E-state index in [1.165, 1.54) is 31.3 Å². The SMILES string of the molecule is Cc1cc(-c2ccc(-c3ccccc3)cc2)nc(-c2cccc3c2sc2ccccc23)n1. The van der Waals surface area contributed by atoms with Crippen molar-refractivity contribution >= 4 is 31.5 Å². The van der Waals surface area contributed by atoms with Crippen molar-refractivity contribution in [3.63, 3.8) is 0 Å². The van der Waals surface area contributed by atoms with E-state index < -0.39 is 0 Å². The molecule has 4 aromatic carbocycles. The Morgan fingerprint density at radius 3 is 2.12 bits per heavy atom. The van der Waals surface area contributed by atoms with Crippen molar-refractivity contribution in [1.82, 2.24) is 9.97 Å². The lowest BCUT2D eigenvalue weighted by atomic mass is 10.0. The Hall–Kier alpha value is -3.82. The standard InChI is InChI=1S/C29H20N2S/c1-19-18-26(22-16-14-21(15-17-22)20-8-3-2-4-9-20)31-29(30-19)25-12-7-11-24-23-10-5-6-13-27(23)32-28(24)25/h2-18H,1H3. The quantitative estimate of drug-likeness (QED) is 0.284. The molecule has 6 rings (SSSR count). The molecule has 0 aliphatic heterocycles. The van der Waals surface area contributed by atoms with Crippen LogP contribution in [-0.2, 0) is 0 Å². The van der Waals surface area contributed by atoms with E-state index in [-0.39, 0.29) is 0 Å². The van der Waals surface area contributed by atoms with Gasteiger partial charge in [-0.3, -0.25) is 0 Å². The number of aromatic nitrogens is 2. The highest BCUT2D eigenvalue weighted by molar-refractivity contribution is 7.26. The highest BCUT2D eigenvalue weighted by atomic mass is 32.1. The normalized spacial score (nSPS) is 11.3. The van der Waals surface area contributed by atoms with Crippen LogP contribution in [0, 0.1) is 6.92 Å². The summed E-state index contributed by atoms with van der Waals surface area (Å²) in [5, 5.41) is 2.56. The van der Waals surface area contributed by atoms with Gasteiger partial charge in [-0.15, -0.1) is 11.3 Å². The number of thiophene rings is 1. The van der Waals surface area contributed by atoms with Crippen molar-refractivity contribution in [3.8, 4) is 33.8 Å². The zero-order chi connectivity index (χ0) is 21.5. The summed E-state index contributed by atoms with van der Waals surface area (Å²) < 4.78 is 2.53. The minimum absolute atomic E-state index is 0.782. The van der Waals surface area contributed by atoms with Crippen molar-refractivity contribution in [2.75, 3.05) is 0 Å². The Kier molecular flexibility index (Phi) is 4.55. The lowest BCUT2D eigenvalue weighted by molar-refractivity contribution is 1.12. The van der Waals surface area contributed by atoms with Crippen LogP contribution in [0.5, 0.6) is 0 Å². The Labute approximate surface area is 190 Å². The maximum absolute atomic E-state index is 4.99. The van der Waals surface area contributed by atoms with Crippen LogP contribution < -0.4 is 0 Å². The van der Waals surface area contributed by atoms with E-state index in [0.29, 0.717) is 0 Å². The monoisotopic (exact) mass is 428 g/mol. The van der Waals surface area contributed by atoms with Gasteiger partial charge in [0.25, 0.3) is 0 Å². The fourth-order valence-electron chi connectivity index (χ4n) is 4.22. The van der Waals surface area contributed by atoms with Gasteiger partial charge in [-0.1, -0.05) is 84.9 Å². The second-order valence-electron chi connectivity index (χ2n) is 7.94. The van der Waals surface area contributed by atoms with E-state index in [0.717, 1.165) is 28.3 Å². The average molecular weight is 429 g/mol. The predicted octanol–water partition coefficient (Wildman–Crippen LogP) is 8.15. The maximum Gasteiger partial charge on any atom is 0.161 e. The maximum atomic E-state index is 4.99. The first-order valence-corrected chi connectivity index (χ1v) is 11.5. The van der Waals surface area contributed by atoms with E-state index in [2.05, 4.69) is 97.1 Å². The lowest BCUT2D eigenvalue weighted by Crippen LogP contribution is -1.95. The molecule has 2 aromatic heterocycles. The van der Waals surface area contributed by atoms with Crippen molar-refractivity contribution in [3.05, 3.63) is 109 Å². The first-order valence-electron chi connectivity index (χ1n) is 10.7. The van der Waals surface area contributed by atoms with Crippen LogP contribution >= 0.6 is 11.3 Å². The first-order chi connectivity index (χ1) is 15.8. The fraction of sp³-hybridized carbons (Fsp3) is 0.0345. The molecule has 0 unspecified atom stereocenters. The molecule has 0 amide bonds. The van der Waals surface area contributed by atoms with E-state index in [9.17, 15) is 0 Å². The average Bonchev–Trinajstić information content (AvgIpc) is 3.23. The number of hydrogen-bond donors (Lipinski definition) is 0. The van der Waals surface area contributed by atoms with Crippen molar-refractivity contribution < 1.29 is 0 Å². The molecule has 0 radical (unpaired) electrons. The molecule has 3 heteroatoms. The minimum Gasteiger partial charge on any atom is -0.233 e. The molecule has 0 saturated heterocycles. The van der Waals surface area contributed by atoms with Crippen molar-refractivity contribution in [2.45, 2.75) is 6.92 Å². The molecule has 0 bridgehead atoms. The smallest absolute Gasteiger partial charge is 0.161 e. The molecule has 0 aliphatic carbocycles. The largest absolute Gasteiger partial charge is 0.233 e. The highest BCUT2D eigenvalue weighted by Crippen LogP contribution is 2.39. The topological polar surface area (TPSA) is 25.8 Å². The molecule has 152 valence electrons. The van der Waals surface area contributed by atoms with Gasteiger partial charge in [-0.25, -0.2) is 9.97 Å². The molecular weight excluding hydrogens is 408 g/mol. The van der Waals surface area contributed by atoms with Crippen LogP contribution in [0.4, 0.5) is 0 Å². The molecule has 2 heterocycles. The molecule has 0 atom stereocenters. The number of nitrogens with zero attached hydrogens (tertiary/aromatic N) is 2. The van der Waals surface area contributed by atoms with Gasteiger partial charge in [0.05, 0.1) is 5.69 Å². The Morgan fingerprint density at radius 1 is 0.594 bits per heavy atom. The third-order valence-corrected chi connectivity index (χ3v) is 7.01. The predicted molar refractivity (Wildman–Crippen MR) is 136 cm³/mol. The van der Waals surface area contributed by atoms with E-state index >= 15 is 0 Å². The Bertz CT molecular complexity index is 1560. The number of aryl methyl sites for hydroxylation is 1. The van der Waals surface area contributed by atoms with Gasteiger partial charge in [0.2, 0.25) is 0 Å². The van der Waals surface area contributed by atoms with Gasteiger partial charge in [-0.05, 0) is 36.2 Å². The van der Waals surface area contributed by atoms with E-state index in [1.54, 1.807) is 0 Å². The van der Waals surface area contributed by atoms with Crippen LogP contribution in [0.2, 0.25) is 0 Å². The van der Waals surface area contributed by atoms with Crippen LogP contribution in [0.3, 0.4) is 0 Å². The zero-order valence-electron chi connectivity index (χ0n) is 17.6. The minimum atomic E-state index is 0.782. The Morgan fingerprint density at radius 2 is 1.28 bits per heavy atom. The van der Waals surface area contributed by atoms with Gasteiger partial charge in [0, 0.05) is 37.0 Å². The second-order valence-corrected chi connectivity index (χ2v) is 8.99. The molecular formula is C29H20N2S. The van der Waals surface area contributed by atoms with E-state index in [4.69, 9.17) is 9.97 Å². The second kappa shape index (κ2) is 7.70. The Balaban J connectivity index is 1.46. The third kappa shape index (κ3) is 3.28. The number of rotatable bonds is 3. The summed E-state index contributed by atoms with van der Waals surface area (Å²) in [7, 11) is 0. The molecule has 0 spiro atoms. The van der Waals surface area contributed by atoms with Crippen LogP contribution in [0.15, 0.2) is 103 Å². The van der Waals surface area contributed by atoms with Gasteiger partial charge >= 0.3 is 0 Å². The van der Waals surface area contributed by atoms with Crippen molar-refractivity contribution in [1.29, 1.82) is 0 Å². The summed E-state index contributed by atoms with van der Waals surface area (Å²) >= 11 is 1.81. The summed E-state index contributed by atoms with van der Waals surface area (Å²) in [6, 6.07) is 36.1. The highest BCUT2D eigenvalue weighted by Gasteiger charge is 2.13. The summed E-state index contributed by atoms with van der Waals surface area (Å²) in [6.07, 6.45) is 0. The zero-order valence-corrected chi connectivity index (χ0v) is 18.4. The molecule has 2 nitrogen and oxygen atoms in total. The molecule has 0 fully saturated rings. The van der Waals surface area contributed by atoms with Gasteiger partial charge in [-0.2, -0.15) is 0 Å². The summed E-state index contributed by atoms with van der Waals surface area (Å²) in [5.74, 6) is 0.782. The number of hydrogen-bond acceptors (Lipinski definition) is 3. The summed E-state index contributed by atoms with van der Waals surface area (Å²) in [4.78, 5) is 9.80. The van der Waals surface area contributed by atoms with Crippen LogP contribution in [0.1, 0.15) is 5.69 Å². The molecule has 0 N–H and O–H groups in total. The fourth-order valence-corrected chi connectivity index (χ4v) is 5.44. The van der Waals surface area contributed by atoms with Gasteiger partial charge < -0.3 is 0 Å².